The highest BCUT2D eigenvalue weighted by atomic mass is 16.5. The summed E-state index contributed by atoms with van der Waals surface area (Å²) in [5.41, 5.74) is 8.17. The Kier molecular flexibility index (Phi) is 7.18. The second-order valence-corrected chi connectivity index (χ2v) is 8.58. The summed E-state index contributed by atoms with van der Waals surface area (Å²) in [5, 5.41) is 7.98. The first kappa shape index (κ1) is 23.1. The van der Waals surface area contributed by atoms with Crippen molar-refractivity contribution < 1.29 is 9.53 Å². The number of aryl methyl sites for hydroxylation is 1. The maximum atomic E-state index is 11.5. The molecule has 1 atom stereocenters. The van der Waals surface area contributed by atoms with Crippen LogP contribution in [0.25, 0.3) is 11.1 Å². The number of nitrogens with zero attached hydrogens (tertiary/aromatic N) is 4. The number of carbonyl (C=O) groups excluding carboxylic acids is 1. The summed E-state index contributed by atoms with van der Waals surface area (Å²) in [6.45, 7) is 12.3. The summed E-state index contributed by atoms with van der Waals surface area (Å²) in [7, 11) is 1.94. The van der Waals surface area contributed by atoms with Gasteiger partial charge in [0, 0.05) is 74.1 Å². The predicted octanol–water partition coefficient (Wildman–Crippen LogP) is 3.48. The van der Waals surface area contributed by atoms with Gasteiger partial charge in [-0.15, -0.1) is 0 Å². The third-order valence-corrected chi connectivity index (χ3v) is 6.52. The van der Waals surface area contributed by atoms with Crippen LogP contribution >= 0.6 is 0 Å². The SMILES string of the molecule is C=C(C1=C(NC2CCOC2)CCN(C=O)C1)N1CCc2cc(-c3cnn(C)c3)ccc21.CC. The van der Waals surface area contributed by atoms with E-state index in [1.54, 1.807) is 0 Å². The maximum absolute atomic E-state index is 11.5. The Bertz CT molecular complexity index is 1040. The van der Waals surface area contributed by atoms with Crippen molar-refractivity contribution in [1.29, 1.82) is 0 Å². The second-order valence-electron chi connectivity index (χ2n) is 8.58. The molecule has 0 aliphatic carbocycles. The Morgan fingerprint density at radius 3 is 2.79 bits per heavy atom. The molecular formula is C26H35N5O2. The minimum absolute atomic E-state index is 0.341. The van der Waals surface area contributed by atoms with Crippen LogP contribution in [0.15, 0.2) is 54.1 Å². The van der Waals surface area contributed by atoms with Gasteiger partial charge in [0.05, 0.1) is 18.8 Å². The van der Waals surface area contributed by atoms with Gasteiger partial charge in [0.15, 0.2) is 0 Å². The van der Waals surface area contributed by atoms with Crippen molar-refractivity contribution in [3.05, 3.63) is 59.7 Å². The van der Waals surface area contributed by atoms with E-state index in [0.717, 1.165) is 68.8 Å². The number of amides is 1. The van der Waals surface area contributed by atoms with E-state index >= 15 is 0 Å². The van der Waals surface area contributed by atoms with Gasteiger partial charge in [-0.2, -0.15) is 5.10 Å². The van der Waals surface area contributed by atoms with Gasteiger partial charge in [-0.25, -0.2) is 0 Å². The normalized spacial score (nSPS) is 19.8. The Morgan fingerprint density at radius 2 is 2.09 bits per heavy atom. The zero-order valence-corrected chi connectivity index (χ0v) is 20.0. The molecule has 0 saturated carbocycles. The van der Waals surface area contributed by atoms with Gasteiger partial charge in [0.1, 0.15) is 0 Å². The summed E-state index contributed by atoms with van der Waals surface area (Å²) in [6, 6.07) is 6.95. The van der Waals surface area contributed by atoms with E-state index in [2.05, 4.69) is 40.1 Å². The number of benzene rings is 1. The van der Waals surface area contributed by atoms with Crippen LogP contribution in [-0.2, 0) is 23.0 Å². The van der Waals surface area contributed by atoms with Crippen molar-refractivity contribution in [3.63, 3.8) is 0 Å². The fraction of sp³-hybridized carbons (Fsp3) is 0.462. The number of rotatable bonds is 6. The number of hydrogen-bond donors (Lipinski definition) is 1. The first-order valence-electron chi connectivity index (χ1n) is 12.0. The molecule has 7 heteroatoms. The predicted molar refractivity (Wildman–Crippen MR) is 132 cm³/mol. The van der Waals surface area contributed by atoms with Crippen LogP contribution in [0.2, 0.25) is 0 Å². The average molecular weight is 450 g/mol. The van der Waals surface area contributed by atoms with Crippen LogP contribution in [0.5, 0.6) is 0 Å². The molecule has 1 saturated heterocycles. The van der Waals surface area contributed by atoms with E-state index in [4.69, 9.17) is 4.74 Å². The molecule has 1 N–H and O–H groups in total. The summed E-state index contributed by atoms with van der Waals surface area (Å²) in [6.07, 6.45) is 7.71. The second kappa shape index (κ2) is 10.3. The van der Waals surface area contributed by atoms with Crippen LogP contribution < -0.4 is 10.2 Å². The molecule has 0 radical (unpaired) electrons. The van der Waals surface area contributed by atoms with E-state index < -0.39 is 0 Å². The number of anilines is 1. The lowest BCUT2D eigenvalue weighted by Crippen LogP contribution is -2.40. The van der Waals surface area contributed by atoms with Gasteiger partial charge in [0.2, 0.25) is 6.41 Å². The van der Waals surface area contributed by atoms with Crippen LogP contribution in [0.3, 0.4) is 0 Å². The molecule has 3 aliphatic rings. The topological polar surface area (TPSA) is 62.6 Å². The first-order chi connectivity index (χ1) is 16.1. The van der Waals surface area contributed by atoms with Crippen LogP contribution in [-0.4, -0.2) is 60.0 Å². The average Bonchev–Trinajstić information content (AvgIpc) is 3.61. The Morgan fingerprint density at radius 1 is 1.24 bits per heavy atom. The third kappa shape index (κ3) is 4.83. The molecule has 0 bridgehead atoms. The zero-order valence-electron chi connectivity index (χ0n) is 20.0. The van der Waals surface area contributed by atoms with Crippen LogP contribution in [0.4, 0.5) is 5.69 Å². The van der Waals surface area contributed by atoms with Crippen molar-refractivity contribution in [3.8, 4) is 11.1 Å². The van der Waals surface area contributed by atoms with E-state index in [1.807, 2.05) is 42.9 Å². The highest BCUT2D eigenvalue weighted by Crippen LogP contribution is 2.37. The largest absolute Gasteiger partial charge is 0.383 e. The van der Waals surface area contributed by atoms with Gasteiger partial charge in [-0.05, 0) is 36.1 Å². The molecule has 4 heterocycles. The lowest BCUT2D eigenvalue weighted by Gasteiger charge is -2.34. The summed E-state index contributed by atoms with van der Waals surface area (Å²) in [5.74, 6) is 0. The summed E-state index contributed by atoms with van der Waals surface area (Å²) in [4.78, 5) is 15.6. The minimum atomic E-state index is 0.341. The number of hydrogen-bond acceptors (Lipinski definition) is 5. The fourth-order valence-corrected chi connectivity index (χ4v) is 4.79. The summed E-state index contributed by atoms with van der Waals surface area (Å²) < 4.78 is 7.37. The maximum Gasteiger partial charge on any atom is 0.210 e. The van der Waals surface area contributed by atoms with Crippen LogP contribution in [0.1, 0.15) is 32.3 Å². The van der Waals surface area contributed by atoms with Gasteiger partial charge in [0.25, 0.3) is 0 Å². The first-order valence-corrected chi connectivity index (χ1v) is 12.0. The van der Waals surface area contributed by atoms with E-state index in [1.165, 1.54) is 22.5 Å². The van der Waals surface area contributed by atoms with Crippen molar-refractivity contribution in [2.24, 2.45) is 7.05 Å². The highest BCUT2D eigenvalue weighted by Gasteiger charge is 2.29. The molecular weight excluding hydrogens is 414 g/mol. The number of aromatic nitrogens is 2. The number of ether oxygens (including phenoxy) is 1. The number of carbonyl (C=O) groups is 1. The molecule has 1 fully saturated rings. The van der Waals surface area contributed by atoms with Crippen molar-refractivity contribution in [1.82, 2.24) is 20.0 Å². The molecule has 1 aromatic heterocycles. The standard InChI is InChI=1S/C24H29N5O2.C2H6/c1-17(22-14-28(16-30)8-6-23(22)26-21-7-10-31-15-21)29-9-5-19-11-18(3-4-24(19)29)20-12-25-27(2)13-20;1-2/h3-4,11-13,16,21,26H,1,5-10,14-15H2,2H3;1-2H3. The zero-order chi connectivity index (χ0) is 23.4. The minimum Gasteiger partial charge on any atom is -0.383 e. The quantitative estimate of drug-likeness (QED) is 0.684. The molecule has 0 spiro atoms. The molecule has 2 aromatic rings. The lowest BCUT2D eigenvalue weighted by molar-refractivity contribution is -0.118. The van der Waals surface area contributed by atoms with Crippen molar-refractivity contribution in [2.75, 3.05) is 37.7 Å². The Hall–Kier alpha value is -3.06. The number of nitrogens with one attached hydrogen (secondary N) is 1. The molecule has 33 heavy (non-hydrogen) atoms. The highest BCUT2D eigenvalue weighted by molar-refractivity contribution is 5.72. The van der Waals surface area contributed by atoms with E-state index in [-0.39, 0.29) is 0 Å². The van der Waals surface area contributed by atoms with Crippen molar-refractivity contribution >= 4 is 12.1 Å². The monoisotopic (exact) mass is 449 g/mol. The lowest BCUT2D eigenvalue weighted by atomic mass is 10.0. The van der Waals surface area contributed by atoms with E-state index in [9.17, 15) is 4.79 Å². The Balaban J connectivity index is 0.00000126. The molecule has 176 valence electrons. The van der Waals surface area contributed by atoms with Gasteiger partial charge >= 0.3 is 0 Å². The number of fused-ring (bicyclic) bond motifs is 1. The van der Waals surface area contributed by atoms with Crippen molar-refractivity contribution in [2.45, 2.75) is 39.2 Å². The third-order valence-electron chi connectivity index (χ3n) is 6.52. The molecule has 1 aromatic carbocycles. The molecule has 7 nitrogen and oxygen atoms in total. The smallest absolute Gasteiger partial charge is 0.210 e. The summed E-state index contributed by atoms with van der Waals surface area (Å²) >= 11 is 0. The molecule has 3 aliphatic heterocycles. The molecule has 1 unspecified atom stereocenters. The van der Waals surface area contributed by atoms with Gasteiger partial charge in [-0.1, -0.05) is 26.5 Å². The fourth-order valence-electron chi connectivity index (χ4n) is 4.79. The Labute approximate surface area is 196 Å². The van der Waals surface area contributed by atoms with Gasteiger partial charge < -0.3 is 19.9 Å². The molecule has 5 rings (SSSR count). The molecule has 1 amide bonds. The van der Waals surface area contributed by atoms with Crippen LogP contribution in [0, 0.1) is 0 Å². The van der Waals surface area contributed by atoms with Gasteiger partial charge in [-0.3, -0.25) is 9.48 Å². The van der Waals surface area contributed by atoms with E-state index in [0.29, 0.717) is 12.6 Å².